The molecule has 122 valence electrons. The summed E-state index contributed by atoms with van der Waals surface area (Å²) >= 11 is 1.90. The van der Waals surface area contributed by atoms with Crippen molar-refractivity contribution in [3.63, 3.8) is 0 Å². The quantitative estimate of drug-likeness (QED) is 0.866. The zero-order chi connectivity index (χ0) is 14.5. The largest absolute Gasteiger partial charge is 0.486 e. The number of ether oxygens (including phenoxy) is 2. The predicted octanol–water partition coefficient (Wildman–Crippen LogP) is 1.46. The number of amides is 1. The molecule has 2 N–H and O–H groups in total. The highest BCUT2D eigenvalue weighted by atomic mass is 35.5. The SMILES string of the molecule is Cl.O=C(CC1CSCCN1)NCC1COc2ccccc2O1. The van der Waals surface area contributed by atoms with Crippen molar-refractivity contribution >= 4 is 30.1 Å². The van der Waals surface area contributed by atoms with E-state index in [4.69, 9.17) is 9.47 Å². The minimum atomic E-state index is -0.127. The van der Waals surface area contributed by atoms with Gasteiger partial charge in [-0.1, -0.05) is 12.1 Å². The van der Waals surface area contributed by atoms with Crippen LogP contribution in [0.4, 0.5) is 0 Å². The van der Waals surface area contributed by atoms with Crippen LogP contribution in [0.2, 0.25) is 0 Å². The Hall–Kier alpha value is -1.11. The van der Waals surface area contributed by atoms with Crippen LogP contribution in [0.25, 0.3) is 0 Å². The summed E-state index contributed by atoms with van der Waals surface area (Å²) in [7, 11) is 0. The van der Waals surface area contributed by atoms with Crippen LogP contribution in [0.3, 0.4) is 0 Å². The van der Waals surface area contributed by atoms with E-state index < -0.39 is 0 Å². The van der Waals surface area contributed by atoms with E-state index in [1.54, 1.807) is 0 Å². The molecule has 1 aromatic carbocycles. The number of halogens is 1. The Morgan fingerprint density at radius 3 is 2.95 bits per heavy atom. The lowest BCUT2D eigenvalue weighted by molar-refractivity contribution is -0.122. The number of hydrogen-bond donors (Lipinski definition) is 2. The van der Waals surface area contributed by atoms with Gasteiger partial charge in [0.15, 0.2) is 11.5 Å². The highest BCUT2D eigenvalue weighted by Crippen LogP contribution is 2.30. The summed E-state index contributed by atoms with van der Waals surface area (Å²) in [5, 5.41) is 6.30. The predicted molar refractivity (Wildman–Crippen MR) is 90.3 cm³/mol. The molecule has 0 aliphatic carbocycles. The van der Waals surface area contributed by atoms with Crippen molar-refractivity contribution in [2.24, 2.45) is 0 Å². The molecule has 1 amide bonds. The maximum absolute atomic E-state index is 11.9. The summed E-state index contributed by atoms with van der Waals surface area (Å²) in [4.78, 5) is 11.9. The first kappa shape index (κ1) is 17.2. The normalized spacial score (nSPS) is 23.3. The second-order valence-corrected chi connectivity index (χ2v) is 6.38. The van der Waals surface area contributed by atoms with Crippen LogP contribution in [0, 0.1) is 0 Å². The maximum Gasteiger partial charge on any atom is 0.221 e. The Kier molecular flexibility index (Phi) is 6.67. The number of fused-ring (bicyclic) bond motifs is 1. The van der Waals surface area contributed by atoms with Gasteiger partial charge in [-0.25, -0.2) is 0 Å². The van der Waals surface area contributed by atoms with Crippen molar-refractivity contribution in [1.82, 2.24) is 10.6 Å². The average molecular weight is 345 g/mol. The molecule has 2 atom stereocenters. The molecular formula is C15H21ClN2O3S. The first-order chi connectivity index (χ1) is 10.3. The molecule has 0 radical (unpaired) electrons. The molecule has 2 heterocycles. The van der Waals surface area contributed by atoms with Crippen molar-refractivity contribution < 1.29 is 14.3 Å². The first-order valence-corrected chi connectivity index (χ1v) is 8.43. The van der Waals surface area contributed by atoms with Gasteiger partial charge in [0.05, 0.1) is 6.54 Å². The van der Waals surface area contributed by atoms with E-state index in [2.05, 4.69) is 10.6 Å². The van der Waals surface area contributed by atoms with Gasteiger partial charge in [0.2, 0.25) is 5.91 Å². The molecule has 0 aromatic heterocycles. The van der Waals surface area contributed by atoms with E-state index >= 15 is 0 Å². The second kappa shape index (κ2) is 8.50. The van der Waals surface area contributed by atoms with E-state index in [0.717, 1.165) is 29.5 Å². The van der Waals surface area contributed by atoms with Crippen LogP contribution in [0.15, 0.2) is 24.3 Å². The number of hydrogen-bond acceptors (Lipinski definition) is 5. The minimum Gasteiger partial charge on any atom is -0.486 e. The zero-order valence-corrected chi connectivity index (χ0v) is 13.9. The molecular weight excluding hydrogens is 324 g/mol. The third kappa shape index (κ3) is 4.69. The Morgan fingerprint density at radius 2 is 2.18 bits per heavy atom. The monoisotopic (exact) mass is 344 g/mol. The van der Waals surface area contributed by atoms with Crippen LogP contribution in [-0.2, 0) is 4.79 Å². The molecule has 1 fully saturated rings. The molecule has 1 saturated heterocycles. The summed E-state index contributed by atoms with van der Waals surface area (Å²) in [5.74, 6) is 3.71. The standard InChI is InChI=1S/C15H20N2O3S.ClH/c18-15(7-11-10-21-6-5-16-11)17-8-12-9-19-13-3-1-2-4-14(13)20-12;/h1-4,11-12,16H,5-10H2,(H,17,18);1H. The fourth-order valence-electron chi connectivity index (χ4n) is 2.44. The number of benzene rings is 1. The molecule has 0 spiro atoms. The molecule has 0 saturated carbocycles. The van der Waals surface area contributed by atoms with E-state index in [0.29, 0.717) is 19.6 Å². The Balaban J connectivity index is 0.00000176. The van der Waals surface area contributed by atoms with Gasteiger partial charge in [-0.15, -0.1) is 12.4 Å². The lowest BCUT2D eigenvalue weighted by Crippen LogP contribution is -2.44. The smallest absolute Gasteiger partial charge is 0.221 e. The highest BCUT2D eigenvalue weighted by molar-refractivity contribution is 7.99. The Labute approximate surface area is 140 Å². The van der Waals surface area contributed by atoms with E-state index in [-0.39, 0.29) is 30.5 Å². The third-order valence-corrected chi connectivity index (χ3v) is 4.66. The zero-order valence-electron chi connectivity index (χ0n) is 12.2. The van der Waals surface area contributed by atoms with Gasteiger partial charge in [-0.2, -0.15) is 11.8 Å². The van der Waals surface area contributed by atoms with Gasteiger partial charge in [0.25, 0.3) is 0 Å². The molecule has 7 heteroatoms. The number of carbonyl (C=O) groups is 1. The number of para-hydroxylation sites is 2. The number of rotatable bonds is 4. The van der Waals surface area contributed by atoms with Crippen molar-refractivity contribution in [3.05, 3.63) is 24.3 Å². The van der Waals surface area contributed by atoms with Crippen LogP contribution in [0.1, 0.15) is 6.42 Å². The molecule has 2 aliphatic rings. The van der Waals surface area contributed by atoms with E-state index in [9.17, 15) is 4.79 Å². The molecule has 22 heavy (non-hydrogen) atoms. The van der Waals surface area contributed by atoms with Crippen molar-refractivity contribution in [2.75, 3.05) is 31.2 Å². The number of nitrogens with one attached hydrogen (secondary N) is 2. The molecule has 5 nitrogen and oxygen atoms in total. The molecule has 3 rings (SSSR count). The topological polar surface area (TPSA) is 59.6 Å². The summed E-state index contributed by atoms with van der Waals surface area (Å²) in [6.07, 6.45) is 0.398. The highest BCUT2D eigenvalue weighted by Gasteiger charge is 2.22. The number of carbonyl (C=O) groups excluding carboxylic acids is 1. The van der Waals surface area contributed by atoms with E-state index in [1.165, 1.54) is 0 Å². The molecule has 1 aromatic rings. The third-order valence-electron chi connectivity index (χ3n) is 3.52. The molecule has 0 bridgehead atoms. The van der Waals surface area contributed by atoms with Gasteiger partial charge in [0, 0.05) is 30.5 Å². The van der Waals surface area contributed by atoms with Crippen molar-refractivity contribution in [3.8, 4) is 11.5 Å². The van der Waals surface area contributed by atoms with Crippen molar-refractivity contribution in [1.29, 1.82) is 0 Å². The number of thioether (sulfide) groups is 1. The fraction of sp³-hybridized carbons (Fsp3) is 0.533. The van der Waals surface area contributed by atoms with E-state index in [1.807, 2.05) is 36.0 Å². The Bertz CT molecular complexity index is 497. The lowest BCUT2D eigenvalue weighted by atomic mass is 10.2. The lowest BCUT2D eigenvalue weighted by Gasteiger charge is -2.27. The second-order valence-electron chi connectivity index (χ2n) is 5.23. The average Bonchev–Trinajstić information content (AvgIpc) is 2.54. The Morgan fingerprint density at radius 1 is 1.36 bits per heavy atom. The summed E-state index contributed by atoms with van der Waals surface area (Å²) < 4.78 is 11.4. The summed E-state index contributed by atoms with van der Waals surface area (Å²) in [6.45, 7) is 1.93. The van der Waals surface area contributed by atoms with Crippen molar-refractivity contribution in [2.45, 2.75) is 18.6 Å². The first-order valence-electron chi connectivity index (χ1n) is 7.27. The van der Waals surface area contributed by atoms with Gasteiger partial charge in [-0.05, 0) is 12.1 Å². The summed E-state index contributed by atoms with van der Waals surface area (Å²) in [5.41, 5.74) is 0. The van der Waals surface area contributed by atoms with Crippen LogP contribution in [0.5, 0.6) is 11.5 Å². The van der Waals surface area contributed by atoms with Crippen LogP contribution in [-0.4, -0.2) is 49.3 Å². The maximum atomic E-state index is 11.9. The summed E-state index contributed by atoms with van der Waals surface area (Å²) in [6, 6.07) is 7.88. The van der Waals surface area contributed by atoms with Gasteiger partial charge >= 0.3 is 0 Å². The van der Waals surface area contributed by atoms with Gasteiger partial charge in [0.1, 0.15) is 12.7 Å². The van der Waals surface area contributed by atoms with Gasteiger partial charge in [-0.3, -0.25) is 4.79 Å². The minimum absolute atomic E-state index is 0. The van der Waals surface area contributed by atoms with Crippen LogP contribution < -0.4 is 20.1 Å². The molecule has 2 aliphatic heterocycles. The molecule has 2 unspecified atom stereocenters. The van der Waals surface area contributed by atoms with Crippen LogP contribution >= 0.6 is 24.2 Å². The fourth-order valence-corrected chi connectivity index (χ4v) is 3.39. The van der Waals surface area contributed by atoms with Gasteiger partial charge < -0.3 is 20.1 Å².